The van der Waals surface area contributed by atoms with Crippen LogP contribution >= 0.6 is 0 Å². The van der Waals surface area contributed by atoms with Crippen LogP contribution in [0.5, 0.6) is 0 Å². The zero-order chi connectivity index (χ0) is 13.1. The van der Waals surface area contributed by atoms with Crippen molar-refractivity contribution in [3.05, 3.63) is 59.4 Å². The van der Waals surface area contributed by atoms with Gasteiger partial charge in [-0.1, -0.05) is 12.1 Å². The van der Waals surface area contributed by atoms with Gasteiger partial charge in [0.2, 0.25) is 0 Å². The van der Waals surface area contributed by atoms with E-state index in [1.807, 2.05) is 0 Å². The minimum absolute atomic E-state index is 0.243. The number of allylic oxidation sites excluding steroid dienone is 1. The number of halogens is 2. The summed E-state index contributed by atoms with van der Waals surface area (Å²) in [6.45, 7) is 0. The number of hydrogen-bond donors (Lipinski definition) is 0. The van der Waals surface area contributed by atoms with E-state index < -0.39 is 11.6 Å². The van der Waals surface area contributed by atoms with Crippen molar-refractivity contribution >= 4 is 11.9 Å². The molecule has 0 saturated heterocycles. The Bertz CT molecular complexity index is 617. The number of rotatable bonds is 3. The summed E-state index contributed by atoms with van der Waals surface area (Å²) in [5.74, 6) is -2.09. The van der Waals surface area contributed by atoms with Crippen LogP contribution in [0.3, 0.4) is 0 Å². The van der Waals surface area contributed by atoms with E-state index in [1.54, 1.807) is 13.2 Å². The lowest BCUT2D eigenvalue weighted by molar-refractivity contribution is 0.104. The monoisotopic (exact) mass is 248 g/mol. The Morgan fingerprint density at radius 1 is 1.33 bits per heavy atom. The summed E-state index contributed by atoms with van der Waals surface area (Å²) in [6, 6.07) is 3.44. The predicted molar refractivity (Wildman–Crippen MR) is 62.9 cm³/mol. The third kappa shape index (κ3) is 2.68. The average molecular weight is 248 g/mol. The van der Waals surface area contributed by atoms with Gasteiger partial charge in [-0.15, -0.1) is 0 Å². The fourth-order valence-electron chi connectivity index (χ4n) is 1.43. The van der Waals surface area contributed by atoms with Crippen molar-refractivity contribution in [1.82, 2.24) is 9.78 Å². The van der Waals surface area contributed by atoms with Crippen LogP contribution in [0.4, 0.5) is 8.78 Å². The summed E-state index contributed by atoms with van der Waals surface area (Å²) < 4.78 is 27.1. The van der Waals surface area contributed by atoms with E-state index >= 15 is 0 Å². The molecule has 0 saturated carbocycles. The minimum Gasteiger partial charge on any atom is -0.289 e. The number of ketones is 1. The van der Waals surface area contributed by atoms with E-state index in [2.05, 4.69) is 5.10 Å². The number of carbonyl (C=O) groups is 1. The zero-order valence-corrected chi connectivity index (χ0v) is 9.60. The second-order valence-corrected chi connectivity index (χ2v) is 3.77. The van der Waals surface area contributed by atoms with Gasteiger partial charge in [-0.05, 0) is 23.8 Å². The zero-order valence-electron chi connectivity index (χ0n) is 9.60. The molecule has 2 rings (SSSR count). The van der Waals surface area contributed by atoms with Gasteiger partial charge in [0, 0.05) is 13.2 Å². The SMILES string of the molecule is Cn1cc(C(=O)C=Cc2ccc(F)c(F)c2)cn1. The molecule has 0 aliphatic carbocycles. The first-order valence-electron chi connectivity index (χ1n) is 5.22. The van der Waals surface area contributed by atoms with E-state index in [4.69, 9.17) is 0 Å². The molecule has 92 valence electrons. The normalized spacial score (nSPS) is 11.1. The molecule has 0 N–H and O–H groups in total. The van der Waals surface area contributed by atoms with Crippen LogP contribution in [0.25, 0.3) is 6.08 Å². The van der Waals surface area contributed by atoms with Gasteiger partial charge in [0.15, 0.2) is 17.4 Å². The highest BCUT2D eigenvalue weighted by atomic mass is 19.2. The van der Waals surface area contributed by atoms with Gasteiger partial charge >= 0.3 is 0 Å². The fraction of sp³-hybridized carbons (Fsp3) is 0.0769. The third-order valence-electron chi connectivity index (χ3n) is 2.36. The molecule has 0 bridgehead atoms. The number of aryl methyl sites for hydroxylation is 1. The van der Waals surface area contributed by atoms with Crippen LogP contribution in [0.2, 0.25) is 0 Å². The van der Waals surface area contributed by atoms with Crippen molar-refractivity contribution < 1.29 is 13.6 Å². The molecule has 0 radical (unpaired) electrons. The summed E-state index contributed by atoms with van der Waals surface area (Å²) in [5, 5.41) is 3.87. The van der Waals surface area contributed by atoms with Gasteiger partial charge < -0.3 is 0 Å². The summed E-state index contributed by atoms with van der Waals surface area (Å²) in [7, 11) is 1.70. The van der Waals surface area contributed by atoms with Crippen LogP contribution in [-0.2, 0) is 7.05 Å². The Morgan fingerprint density at radius 3 is 2.72 bits per heavy atom. The van der Waals surface area contributed by atoms with Gasteiger partial charge in [0.25, 0.3) is 0 Å². The number of hydrogen-bond acceptors (Lipinski definition) is 2. The van der Waals surface area contributed by atoms with Crippen molar-refractivity contribution in [1.29, 1.82) is 0 Å². The van der Waals surface area contributed by atoms with E-state index in [1.165, 1.54) is 29.1 Å². The van der Waals surface area contributed by atoms with Gasteiger partial charge in [0.1, 0.15) is 0 Å². The smallest absolute Gasteiger partial charge is 0.189 e. The molecule has 0 amide bonds. The molecule has 18 heavy (non-hydrogen) atoms. The highest BCUT2D eigenvalue weighted by Crippen LogP contribution is 2.10. The van der Waals surface area contributed by atoms with Gasteiger partial charge in [-0.3, -0.25) is 9.48 Å². The Labute approximate surface area is 102 Å². The second-order valence-electron chi connectivity index (χ2n) is 3.77. The molecule has 0 spiro atoms. The first kappa shape index (κ1) is 12.2. The lowest BCUT2D eigenvalue weighted by Crippen LogP contribution is -1.92. The molecule has 2 aromatic rings. The molecular weight excluding hydrogens is 238 g/mol. The number of aromatic nitrogens is 2. The molecule has 0 fully saturated rings. The molecule has 0 aliphatic rings. The average Bonchev–Trinajstić information content (AvgIpc) is 2.77. The maximum absolute atomic E-state index is 12.9. The van der Waals surface area contributed by atoms with Crippen LogP contribution in [0, 0.1) is 11.6 Å². The lowest BCUT2D eigenvalue weighted by Gasteiger charge is -1.95. The molecule has 0 aliphatic heterocycles. The number of carbonyl (C=O) groups excluding carboxylic acids is 1. The summed E-state index contributed by atoms with van der Waals surface area (Å²) >= 11 is 0. The number of benzene rings is 1. The van der Waals surface area contributed by atoms with E-state index in [0.29, 0.717) is 11.1 Å². The van der Waals surface area contributed by atoms with Gasteiger partial charge in [0.05, 0.1) is 11.8 Å². The highest BCUT2D eigenvalue weighted by molar-refractivity contribution is 6.06. The quantitative estimate of drug-likeness (QED) is 0.618. The summed E-state index contributed by atoms with van der Waals surface area (Å²) in [6.07, 6.45) is 5.75. The van der Waals surface area contributed by atoms with Gasteiger partial charge in [-0.2, -0.15) is 5.10 Å². The molecule has 1 aromatic heterocycles. The van der Waals surface area contributed by atoms with Crippen LogP contribution in [-0.4, -0.2) is 15.6 Å². The molecule has 1 aromatic carbocycles. The maximum atomic E-state index is 12.9. The Balaban J connectivity index is 2.15. The molecule has 3 nitrogen and oxygen atoms in total. The third-order valence-corrected chi connectivity index (χ3v) is 2.36. The van der Waals surface area contributed by atoms with Crippen LogP contribution < -0.4 is 0 Å². The standard InChI is InChI=1S/C13H10F2N2O/c1-17-8-10(7-16-17)13(18)5-3-9-2-4-11(14)12(15)6-9/h2-8H,1H3. The van der Waals surface area contributed by atoms with E-state index in [-0.39, 0.29) is 5.78 Å². The molecular formula is C13H10F2N2O. The summed E-state index contributed by atoms with van der Waals surface area (Å²) in [4.78, 5) is 11.7. The lowest BCUT2D eigenvalue weighted by atomic mass is 10.1. The Hall–Kier alpha value is -2.30. The van der Waals surface area contributed by atoms with Crippen molar-refractivity contribution in [2.75, 3.05) is 0 Å². The van der Waals surface area contributed by atoms with E-state index in [0.717, 1.165) is 12.1 Å². The van der Waals surface area contributed by atoms with Crippen molar-refractivity contribution in [2.24, 2.45) is 7.05 Å². The number of nitrogens with zero attached hydrogens (tertiary/aromatic N) is 2. The first-order valence-corrected chi connectivity index (χ1v) is 5.22. The van der Waals surface area contributed by atoms with Gasteiger partial charge in [-0.25, -0.2) is 8.78 Å². The first-order chi connectivity index (χ1) is 8.56. The minimum atomic E-state index is -0.939. The molecule has 0 unspecified atom stereocenters. The van der Waals surface area contributed by atoms with Crippen LogP contribution in [0.1, 0.15) is 15.9 Å². The van der Waals surface area contributed by atoms with E-state index in [9.17, 15) is 13.6 Å². The molecule has 5 heteroatoms. The molecule has 0 atom stereocenters. The Kier molecular flexibility index (Phi) is 3.32. The van der Waals surface area contributed by atoms with Crippen molar-refractivity contribution in [2.45, 2.75) is 0 Å². The second kappa shape index (κ2) is 4.91. The fourth-order valence-corrected chi connectivity index (χ4v) is 1.43. The Morgan fingerprint density at radius 2 is 2.11 bits per heavy atom. The van der Waals surface area contributed by atoms with Crippen molar-refractivity contribution in [3.63, 3.8) is 0 Å². The molecule has 1 heterocycles. The largest absolute Gasteiger partial charge is 0.289 e. The summed E-state index contributed by atoms with van der Waals surface area (Å²) in [5.41, 5.74) is 0.863. The van der Waals surface area contributed by atoms with Crippen LogP contribution in [0.15, 0.2) is 36.7 Å². The topological polar surface area (TPSA) is 34.9 Å². The maximum Gasteiger partial charge on any atom is 0.189 e. The highest BCUT2D eigenvalue weighted by Gasteiger charge is 2.04. The predicted octanol–water partition coefficient (Wildman–Crippen LogP) is 2.59. The van der Waals surface area contributed by atoms with Crippen molar-refractivity contribution in [3.8, 4) is 0 Å².